The van der Waals surface area contributed by atoms with Crippen LogP contribution in [0.3, 0.4) is 0 Å². The van der Waals surface area contributed by atoms with Crippen molar-refractivity contribution in [2.45, 2.75) is 6.54 Å². The minimum absolute atomic E-state index is 0.0276. The first kappa shape index (κ1) is 18.1. The predicted octanol–water partition coefficient (Wildman–Crippen LogP) is 2.55. The Labute approximate surface area is 142 Å². The largest absolute Gasteiger partial charge is 0.452 e. The number of benzene rings is 2. The van der Waals surface area contributed by atoms with Gasteiger partial charge in [-0.2, -0.15) is 0 Å². The number of likely N-dealkylation sites (N-methyl/N-ethyl adjacent to an activating group) is 1. The summed E-state index contributed by atoms with van der Waals surface area (Å²) in [6.45, 7) is -0.521. The summed E-state index contributed by atoms with van der Waals surface area (Å²) in [6.07, 6.45) is 0. The quantitative estimate of drug-likeness (QED) is 0.455. The van der Waals surface area contributed by atoms with E-state index in [0.717, 1.165) is 6.07 Å². The summed E-state index contributed by atoms with van der Waals surface area (Å²) in [5.41, 5.74) is 0.0552. The van der Waals surface area contributed by atoms with Gasteiger partial charge in [0.2, 0.25) is 0 Å². The average Bonchev–Trinajstić information content (AvgIpc) is 2.61. The summed E-state index contributed by atoms with van der Waals surface area (Å²) < 4.78 is 18.4. The van der Waals surface area contributed by atoms with Crippen LogP contribution in [0.4, 0.5) is 10.1 Å². The fourth-order valence-electron chi connectivity index (χ4n) is 2.04. The number of nitro benzene ring substituents is 1. The molecule has 8 heteroatoms. The summed E-state index contributed by atoms with van der Waals surface area (Å²) in [4.78, 5) is 35.2. The van der Waals surface area contributed by atoms with Crippen molar-refractivity contribution in [2.75, 3.05) is 13.7 Å². The van der Waals surface area contributed by atoms with Gasteiger partial charge in [-0.25, -0.2) is 9.18 Å². The number of amides is 1. The topological polar surface area (TPSA) is 89.8 Å². The molecule has 130 valence electrons. The van der Waals surface area contributed by atoms with Gasteiger partial charge in [-0.05, 0) is 12.1 Å². The van der Waals surface area contributed by atoms with Crippen molar-refractivity contribution in [1.29, 1.82) is 0 Å². The Morgan fingerprint density at radius 2 is 1.92 bits per heavy atom. The van der Waals surface area contributed by atoms with Crippen LogP contribution < -0.4 is 0 Å². The van der Waals surface area contributed by atoms with Crippen molar-refractivity contribution in [2.24, 2.45) is 0 Å². The molecule has 0 atom stereocenters. The maximum Gasteiger partial charge on any atom is 0.338 e. The minimum atomic E-state index is -0.851. The number of carbonyl (C=O) groups is 2. The summed E-state index contributed by atoms with van der Waals surface area (Å²) in [7, 11) is 1.45. The molecule has 2 aromatic rings. The molecule has 1 amide bonds. The van der Waals surface area contributed by atoms with E-state index >= 15 is 0 Å². The third kappa shape index (κ3) is 4.84. The number of halogens is 1. The molecule has 7 nitrogen and oxygen atoms in total. The maximum absolute atomic E-state index is 13.6. The lowest BCUT2D eigenvalue weighted by Gasteiger charge is -2.17. The highest BCUT2D eigenvalue weighted by atomic mass is 19.1. The zero-order valence-electron chi connectivity index (χ0n) is 13.3. The van der Waals surface area contributed by atoms with Crippen LogP contribution in [0.2, 0.25) is 0 Å². The van der Waals surface area contributed by atoms with Crippen molar-refractivity contribution in [3.05, 3.63) is 75.6 Å². The van der Waals surface area contributed by atoms with Gasteiger partial charge in [0, 0.05) is 31.3 Å². The van der Waals surface area contributed by atoms with E-state index in [1.54, 1.807) is 18.2 Å². The first-order valence-corrected chi connectivity index (χ1v) is 7.27. The SMILES string of the molecule is CN(Cc1ccccc1F)C(=O)COC(=O)c1cccc([N+](=O)[O-])c1. The molecule has 0 saturated heterocycles. The van der Waals surface area contributed by atoms with Gasteiger partial charge in [-0.3, -0.25) is 14.9 Å². The Balaban J connectivity index is 1.92. The predicted molar refractivity (Wildman–Crippen MR) is 86.3 cm³/mol. The van der Waals surface area contributed by atoms with Crippen LogP contribution in [0, 0.1) is 15.9 Å². The van der Waals surface area contributed by atoms with E-state index in [9.17, 15) is 24.1 Å². The van der Waals surface area contributed by atoms with Gasteiger partial charge in [0.05, 0.1) is 10.5 Å². The lowest BCUT2D eigenvalue weighted by Crippen LogP contribution is -2.31. The molecule has 2 aromatic carbocycles. The van der Waals surface area contributed by atoms with E-state index < -0.39 is 29.2 Å². The maximum atomic E-state index is 13.6. The molecule has 0 heterocycles. The molecular formula is C17H15FN2O5. The van der Waals surface area contributed by atoms with Gasteiger partial charge in [-0.1, -0.05) is 24.3 Å². The van der Waals surface area contributed by atoms with Gasteiger partial charge < -0.3 is 9.64 Å². The number of rotatable bonds is 6. The van der Waals surface area contributed by atoms with E-state index in [4.69, 9.17) is 4.74 Å². The molecule has 0 fully saturated rings. The molecule has 0 unspecified atom stereocenters. The zero-order valence-corrected chi connectivity index (χ0v) is 13.3. The fourth-order valence-corrected chi connectivity index (χ4v) is 2.04. The number of esters is 1. The van der Waals surface area contributed by atoms with Crippen LogP contribution in [0.25, 0.3) is 0 Å². The molecule has 0 aliphatic carbocycles. The number of ether oxygens (including phenoxy) is 1. The molecule has 0 aromatic heterocycles. The van der Waals surface area contributed by atoms with Crippen molar-refractivity contribution < 1.29 is 23.6 Å². The number of carbonyl (C=O) groups excluding carboxylic acids is 2. The molecule has 0 N–H and O–H groups in total. The van der Waals surface area contributed by atoms with Gasteiger partial charge in [0.15, 0.2) is 6.61 Å². The van der Waals surface area contributed by atoms with E-state index in [0.29, 0.717) is 5.56 Å². The number of nitro groups is 1. The molecule has 2 rings (SSSR count). The van der Waals surface area contributed by atoms with Gasteiger partial charge in [-0.15, -0.1) is 0 Å². The molecule has 0 bridgehead atoms. The van der Waals surface area contributed by atoms with E-state index in [1.165, 1.54) is 36.2 Å². The third-order valence-electron chi connectivity index (χ3n) is 3.41. The van der Waals surface area contributed by atoms with Crippen LogP contribution in [0.1, 0.15) is 15.9 Å². The molecule has 0 aliphatic heterocycles. The molecule has 0 aliphatic rings. The van der Waals surface area contributed by atoms with Gasteiger partial charge in [0.1, 0.15) is 5.82 Å². The van der Waals surface area contributed by atoms with Crippen molar-refractivity contribution in [3.8, 4) is 0 Å². The Bertz CT molecular complexity index is 809. The Morgan fingerprint density at radius 1 is 1.20 bits per heavy atom. The minimum Gasteiger partial charge on any atom is -0.452 e. The van der Waals surface area contributed by atoms with E-state index in [-0.39, 0.29) is 17.8 Å². The van der Waals surface area contributed by atoms with Crippen LogP contribution >= 0.6 is 0 Å². The molecular weight excluding hydrogens is 331 g/mol. The molecule has 25 heavy (non-hydrogen) atoms. The first-order valence-electron chi connectivity index (χ1n) is 7.27. The van der Waals surface area contributed by atoms with E-state index in [1.807, 2.05) is 0 Å². The average molecular weight is 346 g/mol. The second kappa shape index (κ2) is 8.00. The Hall–Kier alpha value is -3.29. The molecule has 0 radical (unpaired) electrons. The van der Waals surface area contributed by atoms with Crippen LogP contribution in [-0.2, 0) is 16.1 Å². The van der Waals surface area contributed by atoms with Crippen molar-refractivity contribution in [3.63, 3.8) is 0 Å². The highest BCUT2D eigenvalue weighted by Gasteiger charge is 2.16. The molecule has 0 saturated carbocycles. The smallest absolute Gasteiger partial charge is 0.338 e. The third-order valence-corrected chi connectivity index (χ3v) is 3.41. The second-order valence-corrected chi connectivity index (χ2v) is 5.22. The van der Waals surface area contributed by atoms with Crippen molar-refractivity contribution >= 4 is 17.6 Å². The van der Waals surface area contributed by atoms with Crippen LogP contribution in [-0.4, -0.2) is 35.4 Å². The fraction of sp³-hybridized carbons (Fsp3) is 0.176. The van der Waals surface area contributed by atoms with Crippen molar-refractivity contribution in [1.82, 2.24) is 4.90 Å². The zero-order chi connectivity index (χ0) is 18.4. The standard InChI is InChI=1S/C17H15FN2O5/c1-19(10-13-5-2-3-8-15(13)18)16(21)11-25-17(22)12-6-4-7-14(9-12)20(23)24/h2-9H,10-11H2,1H3. The highest BCUT2D eigenvalue weighted by molar-refractivity contribution is 5.91. The number of non-ortho nitro benzene ring substituents is 1. The summed E-state index contributed by atoms with van der Waals surface area (Å²) in [5.74, 6) is -1.81. The summed E-state index contributed by atoms with van der Waals surface area (Å²) in [5, 5.41) is 10.7. The normalized spacial score (nSPS) is 10.2. The van der Waals surface area contributed by atoms with Crippen LogP contribution in [0.15, 0.2) is 48.5 Å². The highest BCUT2D eigenvalue weighted by Crippen LogP contribution is 2.14. The Kier molecular flexibility index (Phi) is 5.78. The second-order valence-electron chi connectivity index (χ2n) is 5.22. The number of hydrogen-bond acceptors (Lipinski definition) is 5. The van der Waals surface area contributed by atoms with E-state index in [2.05, 4.69) is 0 Å². The van der Waals surface area contributed by atoms with Gasteiger partial charge in [0.25, 0.3) is 11.6 Å². The molecule has 0 spiro atoms. The summed E-state index contributed by atoms with van der Waals surface area (Å²) >= 11 is 0. The Morgan fingerprint density at radius 3 is 2.60 bits per heavy atom. The number of hydrogen-bond donors (Lipinski definition) is 0. The summed E-state index contributed by atoms with van der Waals surface area (Å²) in [6, 6.07) is 11.0. The number of nitrogens with zero attached hydrogens (tertiary/aromatic N) is 2. The van der Waals surface area contributed by atoms with Crippen LogP contribution in [0.5, 0.6) is 0 Å². The monoisotopic (exact) mass is 346 g/mol. The lowest BCUT2D eigenvalue weighted by molar-refractivity contribution is -0.384. The van der Waals surface area contributed by atoms with Gasteiger partial charge >= 0.3 is 5.97 Å². The lowest BCUT2D eigenvalue weighted by atomic mass is 10.2. The first-order chi connectivity index (χ1) is 11.9.